The largest absolute Gasteiger partial charge is 0.255 e. The zero-order chi connectivity index (χ0) is 18.1. The Hall–Kier alpha value is -2.13. The molecular formula is C18H15N3O2S3. The molecule has 132 valence electrons. The third-order valence-electron chi connectivity index (χ3n) is 3.85. The average molecular weight is 402 g/mol. The topological polar surface area (TPSA) is 72.0 Å². The van der Waals surface area contributed by atoms with Crippen LogP contribution in [0.2, 0.25) is 0 Å². The number of thiophene rings is 1. The first-order chi connectivity index (χ1) is 12.5. The number of hydrogen-bond acceptors (Lipinski definition) is 6. The van der Waals surface area contributed by atoms with Gasteiger partial charge >= 0.3 is 0 Å². The van der Waals surface area contributed by atoms with Crippen LogP contribution in [0.25, 0.3) is 21.5 Å². The van der Waals surface area contributed by atoms with E-state index in [4.69, 9.17) is 0 Å². The molecule has 0 radical (unpaired) electrons. The van der Waals surface area contributed by atoms with Gasteiger partial charge < -0.3 is 0 Å². The summed E-state index contributed by atoms with van der Waals surface area (Å²) in [6, 6.07) is 12.7. The Morgan fingerprint density at radius 3 is 2.77 bits per heavy atom. The predicted molar refractivity (Wildman–Crippen MR) is 106 cm³/mol. The van der Waals surface area contributed by atoms with Crippen LogP contribution in [0.15, 0.2) is 58.9 Å². The summed E-state index contributed by atoms with van der Waals surface area (Å²) in [6.07, 6.45) is 1.60. The monoisotopic (exact) mass is 401 g/mol. The van der Waals surface area contributed by atoms with E-state index in [0.717, 1.165) is 25.8 Å². The first-order valence-electron chi connectivity index (χ1n) is 7.87. The lowest BCUT2D eigenvalue weighted by Gasteiger charge is -2.08. The lowest BCUT2D eigenvalue weighted by Crippen LogP contribution is -2.23. The van der Waals surface area contributed by atoms with Crippen molar-refractivity contribution >= 4 is 43.6 Å². The summed E-state index contributed by atoms with van der Waals surface area (Å²) in [6.45, 7) is 2.20. The molecule has 0 aliphatic rings. The fraction of sp³-hybridized carbons (Fsp3) is 0.111. The number of para-hydroxylation sites is 1. The van der Waals surface area contributed by atoms with Gasteiger partial charge in [0.25, 0.3) is 0 Å². The summed E-state index contributed by atoms with van der Waals surface area (Å²) < 4.78 is 28.2. The minimum absolute atomic E-state index is 0.197. The van der Waals surface area contributed by atoms with Gasteiger partial charge in [0.2, 0.25) is 10.0 Å². The third kappa shape index (κ3) is 3.41. The van der Waals surface area contributed by atoms with Crippen molar-refractivity contribution in [2.75, 3.05) is 0 Å². The van der Waals surface area contributed by atoms with Crippen LogP contribution in [0, 0.1) is 6.92 Å². The smallest absolute Gasteiger partial charge is 0.243 e. The fourth-order valence-electron chi connectivity index (χ4n) is 2.62. The number of pyridine rings is 1. The van der Waals surface area contributed by atoms with Gasteiger partial charge in [0, 0.05) is 28.4 Å². The summed E-state index contributed by atoms with van der Waals surface area (Å²) in [5.74, 6) is 0. The number of fused-ring (bicyclic) bond motifs is 1. The van der Waals surface area contributed by atoms with Crippen LogP contribution in [0.1, 0.15) is 9.88 Å². The van der Waals surface area contributed by atoms with Gasteiger partial charge in [-0.15, -0.1) is 22.7 Å². The van der Waals surface area contributed by atoms with Crippen LogP contribution in [0.3, 0.4) is 0 Å². The molecule has 5 nitrogen and oxygen atoms in total. The van der Waals surface area contributed by atoms with E-state index < -0.39 is 10.0 Å². The van der Waals surface area contributed by atoms with Gasteiger partial charge in [0.05, 0.1) is 21.1 Å². The van der Waals surface area contributed by atoms with E-state index in [1.165, 1.54) is 0 Å². The number of aryl methyl sites for hydroxylation is 1. The van der Waals surface area contributed by atoms with Crippen molar-refractivity contribution in [3.63, 3.8) is 0 Å². The fourth-order valence-corrected chi connectivity index (χ4v) is 5.49. The molecule has 1 aromatic carbocycles. The zero-order valence-electron chi connectivity index (χ0n) is 13.8. The third-order valence-corrected chi connectivity index (χ3v) is 7.17. The highest BCUT2D eigenvalue weighted by molar-refractivity contribution is 7.89. The van der Waals surface area contributed by atoms with E-state index in [1.54, 1.807) is 47.1 Å². The highest BCUT2D eigenvalue weighted by Gasteiger charge is 2.18. The van der Waals surface area contributed by atoms with Crippen LogP contribution in [0.5, 0.6) is 0 Å². The van der Waals surface area contributed by atoms with Gasteiger partial charge in [0.1, 0.15) is 4.90 Å². The molecule has 0 unspecified atom stereocenters. The number of rotatable bonds is 5. The van der Waals surface area contributed by atoms with E-state index in [1.807, 2.05) is 36.6 Å². The number of aromatic nitrogens is 2. The summed E-state index contributed by atoms with van der Waals surface area (Å²) in [5, 5.41) is 3.82. The number of hydrogen-bond donors (Lipinski definition) is 1. The Morgan fingerprint density at radius 1 is 1.12 bits per heavy atom. The number of nitrogens with one attached hydrogen (secondary N) is 1. The SMILES string of the molecule is Cc1nc(-c2ccc(CNS(=O)(=O)c3cccc4cccnc34)s2)cs1. The van der Waals surface area contributed by atoms with Crippen LogP contribution in [-0.2, 0) is 16.6 Å². The van der Waals surface area contributed by atoms with Gasteiger partial charge in [-0.1, -0.05) is 18.2 Å². The van der Waals surface area contributed by atoms with Gasteiger partial charge in [-0.2, -0.15) is 0 Å². The molecule has 4 rings (SSSR count). The molecular weight excluding hydrogens is 386 g/mol. The average Bonchev–Trinajstić information content (AvgIpc) is 3.28. The number of benzene rings is 1. The predicted octanol–water partition coefficient (Wildman–Crippen LogP) is 4.21. The molecule has 0 aliphatic heterocycles. The van der Waals surface area contributed by atoms with E-state index in [-0.39, 0.29) is 11.4 Å². The summed E-state index contributed by atoms with van der Waals surface area (Å²) in [5.41, 5.74) is 1.41. The molecule has 3 heterocycles. The number of sulfonamides is 1. The summed E-state index contributed by atoms with van der Waals surface area (Å²) >= 11 is 3.14. The lowest BCUT2D eigenvalue weighted by molar-refractivity contribution is 0.582. The second-order valence-electron chi connectivity index (χ2n) is 5.67. The van der Waals surface area contributed by atoms with Crippen molar-refractivity contribution in [2.24, 2.45) is 0 Å². The van der Waals surface area contributed by atoms with E-state index in [9.17, 15) is 8.42 Å². The first kappa shape index (κ1) is 17.3. The highest BCUT2D eigenvalue weighted by Crippen LogP contribution is 2.29. The Balaban J connectivity index is 1.56. The summed E-state index contributed by atoms with van der Waals surface area (Å²) in [7, 11) is -3.66. The van der Waals surface area contributed by atoms with Crippen molar-refractivity contribution in [3.8, 4) is 10.6 Å². The molecule has 26 heavy (non-hydrogen) atoms. The summed E-state index contributed by atoms with van der Waals surface area (Å²) in [4.78, 5) is 10.9. The molecule has 0 saturated heterocycles. The Kier molecular flexibility index (Phi) is 4.58. The van der Waals surface area contributed by atoms with Crippen molar-refractivity contribution in [1.82, 2.24) is 14.7 Å². The van der Waals surface area contributed by atoms with Gasteiger partial charge in [-0.25, -0.2) is 18.1 Å². The quantitative estimate of drug-likeness (QED) is 0.544. The Bertz CT molecular complexity index is 1170. The lowest BCUT2D eigenvalue weighted by atomic mass is 10.2. The molecule has 8 heteroatoms. The minimum Gasteiger partial charge on any atom is -0.255 e. The molecule has 0 saturated carbocycles. The molecule has 4 aromatic rings. The Morgan fingerprint density at radius 2 is 1.96 bits per heavy atom. The number of nitrogens with zero attached hydrogens (tertiary/aromatic N) is 2. The van der Waals surface area contributed by atoms with Crippen molar-refractivity contribution in [2.45, 2.75) is 18.4 Å². The Labute approximate surface area is 159 Å². The van der Waals surface area contributed by atoms with Gasteiger partial charge in [0.15, 0.2) is 0 Å². The minimum atomic E-state index is -3.66. The van der Waals surface area contributed by atoms with Gasteiger partial charge in [-0.3, -0.25) is 4.98 Å². The molecule has 1 N–H and O–H groups in total. The molecule has 0 aliphatic carbocycles. The molecule has 0 bridgehead atoms. The van der Waals surface area contributed by atoms with Crippen LogP contribution < -0.4 is 4.72 Å². The normalized spacial score (nSPS) is 11.9. The first-order valence-corrected chi connectivity index (χ1v) is 11.1. The molecule has 0 amide bonds. The molecule has 0 fully saturated rings. The van der Waals surface area contributed by atoms with Gasteiger partial charge in [-0.05, 0) is 31.2 Å². The number of thiazole rings is 1. The van der Waals surface area contributed by atoms with Crippen LogP contribution >= 0.6 is 22.7 Å². The van der Waals surface area contributed by atoms with E-state index in [2.05, 4.69) is 14.7 Å². The van der Waals surface area contributed by atoms with E-state index in [0.29, 0.717) is 5.52 Å². The maximum absolute atomic E-state index is 12.7. The second kappa shape index (κ2) is 6.88. The van der Waals surface area contributed by atoms with Crippen molar-refractivity contribution in [1.29, 1.82) is 0 Å². The standard InChI is InChI=1S/C18H15N3O2S3/c1-12-21-15(11-24-12)16-8-7-14(25-16)10-20-26(22,23)17-6-2-4-13-5-3-9-19-18(13)17/h2-9,11,20H,10H2,1H3. The zero-order valence-corrected chi connectivity index (χ0v) is 16.3. The highest BCUT2D eigenvalue weighted by atomic mass is 32.2. The molecule has 3 aromatic heterocycles. The molecule has 0 atom stereocenters. The van der Waals surface area contributed by atoms with Crippen molar-refractivity contribution in [3.05, 3.63) is 63.9 Å². The van der Waals surface area contributed by atoms with Crippen molar-refractivity contribution < 1.29 is 8.42 Å². The molecule has 0 spiro atoms. The maximum atomic E-state index is 12.7. The van der Waals surface area contributed by atoms with Crippen LogP contribution in [0.4, 0.5) is 0 Å². The maximum Gasteiger partial charge on any atom is 0.243 e. The van der Waals surface area contributed by atoms with E-state index >= 15 is 0 Å². The second-order valence-corrected chi connectivity index (χ2v) is 9.64. The van der Waals surface area contributed by atoms with Crippen LogP contribution in [-0.4, -0.2) is 18.4 Å².